The van der Waals surface area contributed by atoms with Gasteiger partial charge < -0.3 is 5.73 Å². The monoisotopic (exact) mass is 238 g/mol. The van der Waals surface area contributed by atoms with Gasteiger partial charge in [-0.2, -0.15) is 5.26 Å². The van der Waals surface area contributed by atoms with Crippen LogP contribution in [0.15, 0.2) is 23.2 Å². The maximum Gasteiger partial charge on any atom is 0.183 e. The minimum absolute atomic E-state index is 0.114. The van der Waals surface area contributed by atoms with Crippen LogP contribution in [0.5, 0.6) is 0 Å². The van der Waals surface area contributed by atoms with E-state index in [9.17, 15) is 4.39 Å². The summed E-state index contributed by atoms with van der Waals surface area (Å²) in [6, 6.07) is 4.49. The summed E-state index contributed by atoms with van der Waals surface area (Å²) in [5.74, 6) is -0.388. The van der Waals surface area contributed by atoms with Crippen molar-refractivity contribution in [3.8, 4) is 6.19 Å². The molecule has 0 aliphatic carbocycles. The van der Waals surface area contributed by atoms with Crippen LogP contribution < -0.4 is 11.1 Å². The summed E-state index contributed by atoms with van der Waals surface area (Å²) in [5, 5.41) is 11.3. The molecule has 0 spiro atoms. The molecule has 84 valence electrons. The Kier molecular flexibility index (Phi) is 4.61. The average Bonchev–Trinajstić information content (AvgIpc) is 2.27. The fourth-order valence-electron chi connectivity index (χ4n) is 1.10. The van der Waals surface area contributed by atoms with Crippen LogP contribution in [0.3, 0.4) is 0 Å². The van der Waals surface area contributed by atoms with E-state index in [1.165, 1.54) is 17.8 Å². The van der Waals surface area contributed by atoms with Crippen molar-refractivity contribution in [2.75, 3.05) is 12.0 Å². The number of benzene rings is 1. The minimum atomic E-state index is -0.388. The van der Waals surface area contributed by atoms with E-state index in [0.717, 1.165) is 0 Å². The van der Waals surface area contributed by atoms with E-state index >= 15 is 0 Å². The van der Waals surface area contributed by atoms with Crippen LogP contribution in [-0.4, -0.2) is 11.4 Å². The van der Waals surface area contributed by atoms with Gasteiger partial charge in [0.2, 0.25) is 0 Å². The van der Waals surface area contributed by atoms with E-state index in [1.54, 1.807) is 24.6 Å². The molecular weight excluding hydrogens is 227 g/mol. The maximum absolute atomic E-state index is 13.3. The molecule has 0 radical (unpaired) electrons. The zero-order chi connectivity index (χ0) is 12.0. The molecule has 3 N–H and O–H groups in total. The van der Waals surface area contributed by atoms with E-state index in [1.807, 2.05) is 0 Å². The first-order chi connectivity index (χ1) is 7.69. The molecule has 0 bridgehead atoms. The molecule has 0 fully saturated rings. The number of hydrogen-bond donors (Lipinski definition) is 2. The van der Waals surface area contributed by atoms with Gasteiger partial charge in [-0.3, -0.25) is 10.3 Å². The van der Waals surface area contributed by atoms with Crippen molar-refractivity contribution >= 4 is 22.6 Å². The molecule has 1 aromatic carbocycles. The van der Waals surface area contributed by atoms with E-state index in [0.29, 0.717) is 16.4 Å². The molecule has 0 amide bonds. The molecule has 16 heavy (non-hydrogen) atoms. The van der Waals surface area contributed by atoms with Gasteiger partial charge in [-0.25, -0.2) is 4.39 Å². The summed E-state index contributed by atoms with van der Waals surface area (Å²) in [6.07, 6.45) is 3.53. The highest BCUT2D eigenvalue weighted by atomic mass is 32.2. The molecule has 6 heteroatoms. The number of rotatable bonds is 2. The number of aliphatic imine (C=N–C) groups is 1. The number of thioether (sulfide) groups is 1. The van der Waals surface area contributed by atoms with Crippen molar-refractivity contribution in [3.63, 3.8) is 0 Å². The highest BCUT2D eigenvalue weighted by molar-refractivity contribution is 8.13. The molecular formula is C10H11FN4S. The van der Waals surface area contributed by atoms with Crippen molar-refractivity contribution in [1.29, 1.82) is 5.26 Å². The second-order valence-electron chi connectivity index (χ2n) is 2.87. The summed E-state index contributed by atoms with van der Waals surface area (Å²) < 4.78 is 13.3. The van der Waals surface area contributed by atoms with Crippen LogP contribution in [0.2, 0.25) is 0 Å². The lowest BCUT2D eigenvalue weighted by atomic mass is 10.2. The van der Waals surface area contributed by atoms with Gasteiger partial charge in [0.25, 0.3) is 0 Å². The first-order valence-electron chi connectivity index (χ1n) is 4.45. The fourth-order valence-corrected chi connectivity index (χ4v) is 1.44. The lowest BCUT2D eigenvalue weighted by molar-refractivity contribution is 0.612. The van der Waals surface area contributed by atoms with Crippen LogP contribution in [0.25, 0.3) is 0 Å². The zero-order valence-electron chi connectivity index (χ0n) is 8.70. The molecule has 0 saturated carbocycles. The van der Waals surface area contributed by atoms with Crippen LogP contribution in [0, 0.1) is 17.3 Å². The van der Waals surface area contributed by atoms with Gasteiger partial charge in [0.1, 0.15) is 5.82 Å². The van der Waals surface area contributed by atoms with Gasteiger partial charge in [-0.05, 0) is 18.4 Å². The molecule has 0 unspecified atom stereocenters. The first kappa shape index (κ1) is 12.3. The molecule has 0 saturated heterocycles. The van der Waals surface area contributed by atoms with E-state index < -0.39 is 0 Å². The number of nitrogens with two attached hydrogens (primary N) is 1. The van der Waals surface area contributed by atoms with Crippen LogP contribution >= 0.6 is 11.8 Å². The minimum Gasteiger partial charge on any atom is -0.398 e. The van der Waals surface area contributed by atoms with Crippen LogP contribution in [0.4, 0.5) is 10.1 Å². The molecule has 0 aliphatic rings. The largest absolute Gasteiger partial charge is 0.398 e. The SMILES string of the molecule is CSC(=NCc1c(N)cccc1F)NC#N. The molecule has 4 nitrogen and oxygen atoms in total. The molecule has 0 aliphatic heterocycles. The summed E-state index contributed by atoms with van der Waals surface area (Å²) in [5.41, 5.74) is 6.33. The molecule has 0 atom stereocenters. The Bertz CT molecular complexity index is 419. The third-order valence-electron chi connectivity index (χ3n) is 1.89. The molecule has 0 aromatic heterocycles. The number of hydrogen-bond acceptors (Lipinski definition) is 4. The zero-order valence-corrected chi connectivity index (χ0v) is 9.51. The van der Waals surface area contributed by atoms with Crippen LogP contribution in [0.1, 0.15) is 5.56 Å². The summed E-state index contributed by atoms with van der Waals surface area (Å²) in [6.45, 7) is 0.114. The molecule has 1 aromatic rings. The van der Waals surface area contributed by atoms with E-state index in [2.05, 4.69) is 10.3 Å². The molecule has 1 rings (SSSR count). The third kappa shape index (κ3) is 3.14. The van der Waals surface area contributed by atoms with Crippen molar-refractivity contribution in [2.45, 2.75) is 6.54 Å². The maximum atomic E-state index is 13.3. The van der Waals surface area contributed by atoms with Crippen LogP contribution in [-0.2, 0) is 6.54 Å². The lowest BCUT2D eigenvalue weighted by Crippen LogP contribution is -2.13. The lowest BCUT2D eigenvalue weighted by Gasteiger charge is -2.04. The Morgan fingerprint density at radius 3 is 3.00 bits per heavy atom. The predicted molar refractivity (Wildman–Crippen MR) is 64.2 cm³/mol. The Hall–Kier alpha value is -1.74. The van der Waals surface area contributed by atoms with Gasteiger partial charge in [0.15, 0.2) is 11.4 Å². The number of nitrogens with zero attached hydrogens (tertiary/aromatic N) is 2. The number of halogens is 1. The van der Waals surface area contributed by atoms with Gasteiger partial charge in [0, 0.05) is 11.3 Å². The Morgan fingerprint density at radius 2 is 2.44 bits per heavy atom. The smallest absolute Gasteiger partial charge is 0.183 e. The second kappa shape index (κ2) is 5.98. The predicted octanol–water partition coefficient (Wildman–Crippen LogP) is 1.70. The molecule has 0 heterocycles. The van der Waals surface area contributed by atoms with Crippen molar-refractivity contribution in [1.82, 2.24) is 5.32 Å². The first-order valence-corrected chi connectivity index (χ1v) is 5.68. The summed E-state index contributed by atoms with van der Waals surface area (Å²) >= 11 is 1.28. The second-order valence-corrected chi connectivity index (χ2v) is 3.66. The Morgan fingerprint density at radius 1 is 1.69 bits per heavy atom. The number of nitrogens with one attached hydrogen (secondary N) is 1. The number of nitriles is 1. The number of anilines is 1. The summed E-state index contributed by atoms with van der Waals surface area (Å²) in [4.78, 5) is 4.05. The standard InChI is InChI=1S/C10H11FN4S/c1-16-10(15-6-12)14-5-7-8(11)3-2-4-9(7)13/h2-4H,5,13H2,1H3,(H,14,15). The van der Waals surface area contributed by atoms with Crippen molar-refractivity contribution in [3.05, 3.63) is 29.6 Å². The number of nitrogen functional groups attached to an aromatic ring is 1. The van der Waals surface area contributed by atoms with Gasteiger partial charge in [-0.1, -0.05) is 17.8 Å². The van der Waals surface area contributed by atoms with Crippen molar-refractivity contribution in [2.24, 2.45) is 4.99 Å². The van der Waals surface area contributed by atoms with E-state index in [4.69, 9.17) is 11.0 Å². The normalized spacial score (nSPS) is 10.9. The number of amidine groups is 1. The summed E-state index contributed by atoms with van der Waals surface area (Å²) in [7, 11) is 0. The van der Waals surface area contributed by atoms with Crippen molar-refractivity contribution < 1.29 is 4.39 Å². The highest BCUT2D eigenvalue weighted by Crippen LogP contribution is 2.16. The fraction of sp³-hybridized carbons (Fsp3) is 0.200. The highest BCUT2D eigenvalue weighted by Gasteiger charge is 2.05. The Labute approximate surface area is 97.4 Å². The van der Waals surface area contributed by atoms with Gasteiger partial charge in [0.05, 0.1) is 6.54 Å². The van der Waals surface area contributed by atoms with Gasteiger partial charge >= 0.3 is 0 Å². The Balaban J connectivity index is 2.85. The topological polar surface area (TPSA) is 74.2 Å². The average molecular weight is 238 g/mol. The van der Waals surface area contributed by atoms with Gasteiger partial charge in [-0.15, -0.1) is 0 Å². The quantitative estimate of drug-likeness (QED) is 0.270. The van der Waals surface area contributed by atoms with E-state index in [-0.39, 0.29) is 12.4 Å². The third-order valence-corrected chi connectivity index (χ3v) is 2.51.